The molecule has 2 rings (SSSR count). The van der Waals surface area contributed by atoms with Gasteiger partial charge in [0.2, 0.25) is 5.56 Å². The van der Waals surface area contributed by atoms with Crippen molar-refractivity contribution in [3.63, 3.8) is 0 Å². The first kappa shape index (κ1) is 9.46. The van der Waals surface area contributed by atoms with Gasteiger partial charge in [-0.3, -0.25) is 4.79 Å². The molecule has 0 aromatic carbocycles. The molecule has 1 aliphatic carbocycles. The molecule has 1 aromatic heterocycles. The van der Waals surface area contributed by atoms with Crippen molar-refractivity contribution in [3.8, 4) is 0 Å². The summed E-state index contributed by atoms with van der Waals surface area (Å²) in [6.07, 6.45) is 4.33. The summed E-state index contributed by atoms with van der Waals surface area (Å²) in [6, 6.07) is 4.18. The van der Waals surface area contributed by atoms with Gasteiger partial charge in [-0.15, -0.1) is 0 Å². The van der Waals surface area contributed by atoms with Gasteiger partial charge in [0.05, 0.1) is 0 Å². The van der Waals surface area contributed by atoms with Crippen LogP contribution in [-0.2, 0) is 12.8 Å². The number of fused-ring (bicyclic) bond motifs is 1. The molecule has 1 atom stereocenters. The monoisotopic (exact) mass is 192 g/mol. The van der Waals surface area contributed by atoms with E-state index in [1.54, 1.807) is 6.07 Å². The summed E-state index contributed by atoms with van der Waals surface area (Å²) in [5, 5.41) is 3.30. The molecule has 1 aromatic rings. The summed E-state index contributed by atoms with van der Waals surface area (Å²) >= 11 is 0. The molecule has 14 heavy (non-hydrogen) atoms. The van der Waals surface area contributed by atoms with Crippen LogP contribution in [-0.4, -0.2) is 18.1 Å². The molecule has 3 heteroatoms. The third-order valence-electron chi connectivity index (χ3n) is 3.01. The largest absolute Gasteiger partial charge is 0.326 e. The molecule has 0 aliphatic heterocycles. The summed E-state index contributed by atoms with van der Waals surface area (Å²) in [4.78, 5) is 14.1. The topological polar surface area (TPSA) is 44.9 Å². The van der Waals surface area contributed by atoms with E-state index < -0.39 is 0 Å². The van der Waals surface area contributed by atoms with Crippen molar-refractivity contribution in [3.05, 3.63) is 33.7 Å². The van der Waals surface area contributed by atoms with Gasteiger partial charge in [-0.2, -0.15) is 0 Å². The third-order valence-corrected chi connectivity index (χ3v) is 3.01. The standard InChI is InChI=1S/C11H16N2O/c1-12-9-4-2-8-3-7-11(14)13-10(8)6-5-9/h3,7,9,12H,2,4-6H2,1H3,(H,13,14). The molecule has 3 nitrogen and oxygen atoms in total. The maximum atomic E-state index is 11.1. The van der Waals surface area contributed by atoms with Crippen LogP contribution < -0.4 is 10.9 Å². The van der Waals surface area contributed by atoms with E-state index >= 15 is 0 Å². The van der Waals surface area contributed by atoms with Crippen LogP contribution >= 0.6 is 0 Å². The normalized spacial score (nSPS) is 21.4. The molecule has 0 radical (unpaired) electrons. The fourth-order valence-corrected chi connectivity index (χ4v) is 2.09. The average Bonchev–Trinajstić information content (AvgIpc) is 2.39. The number of hydrogen-bond acceptors (Lipinski definition) is 2. The quantitative estimate of drug-likeness (QED) is 0.648. The van der Waals surface area contributed by atoms with Crippen molar-refractivity contribution >= 4 is 0 Å². The second kappa shape index (κ2) is 3.96. The van der Waals surface area contributed by atoms with Crippen LogP contribution in [0.4, 0.5) is 0 Å². The zero-order valence-corrected chi connectivity index (χ0v) is 8.47. The molecule has 0 spiro atoms. The Balaban J connectivity index is 2.25. The molecular formula is C11H16N2O. The van der Waals surface area contributed by atoms with Crippen LogP contribution in [0, 0.1) is 0 Å². The number of aromatic amines is 1. The molecule has 2 N–H and O–H groups in total. The lowest BCUT2D eigenvalue weighted by Gasteiger charge is -2.10. The zero-order valence-electron chi connectivity index (χ0n) is 8.47. The molecular weight excluding hydrogens is 176 g/mol. The first-order valence-corrected chi connectivity index (χ1v) is 5.18. The number of rotatable bonds is 1. The lowest BCUT2D eigenvalue weighted by atomic mass is 10.1. The van der Waals surface area contributed by atoms with Crippen molar-refractivity contribution in [1.82, 2.24) is 10.3 Å². The average molecular weight is 192 g/mol. The maximum Gasteiger partial charge on any atom is 0.248 e. The molecule has 0 bridgehead atoms. The highest BCUT2D eigenvalue weighted by atomic mass is 16.1. The Morgan fingerprint density at radius 2 is 2.14 bits per heavy atom. The van der Waals surface area contributed by atoms with E-state index in [0.717, 1.165) is 31.4 Å². The lowest BCUT2D eigenvalue weighted by Crippen LogP contribution is -2.24. The van der Waals surface area contributed by atoms with Crippen molar-refractivity contribution in [2.75, 3.05) is 7.05 Å². The fourth-order valence-electron chi connectivity index (χ4n) is 2.09. The third kappa shape index (κ3) is 1.87. The van der Waals surface area contributed by atoms with E-state index in [1.807, 2.05) is 13.1 Å². The van der Waals surface area contributed by atoms with Gasteiger partial charge in [0, 0.05) is 17.8 Å². The molecule has 1 heterocycles. The number of aryl methyl sites for hydroxylation is 2. The van der Waals surface area contributed by atoms with Crippen molar-refractivity contribution in [2.24, 2.45) is 0 Å². The van der Waals surface area contributed by atoms with Gasteiger partial charge in [0.15, 0.2) is 0 Å². The minimum atomic E-state index is 0.0201. The maximum absolute atomic E-state index is 11.1. The summed E-state index contributed by atoms with van der Waals surface area (Å²) in [5.74, 6) is 0. The van der Waals surface area contributed by atoms with Crippen molar-refractivity contribution in [2.45, 2.75) is 31.7 Å². The molecule has 0 saturated heterocycles. The van der Waals surface area contributed by atoms with Gasteiger partial charge in [-0.05, 0) is 38.3 Å². The zero-order chi connectivity index (χ0) is 9.97. The Morgan fingerprint density at radius 1 is 1.36 bits per heavy atom. The van der Waals surface area contributed by atoms with Gasteiger partial charge in [-0.1, -0.05) is 6.07 Å². The number of pyridine rings is 1. The highest BCUT2D eigenvalue weighted by Crippen LogP contribution is 2.17. The predicted molar refractivity (Wildman–Crippen MR) is 56.6 cm³/mol. The Labute approximate surface area is 83.5 Å². The fraction of sp³-hybridized carbons (Fsp3) is 0.545. The van der Waals surface area contributed by atoms with E-state index in [1.165, 1.54) is 5.56 Å². The van der Waals surface area contributed by atoms with Gasteiger partial charge in [0.25, 0.3) is 0 Å². The molecule has 76 valence electrons. The number of hydrogen-bond donors (Lipinski definition) is 2. The van der Waals surface area contributed by atoms with Crippen molar-refractivity contribution < 1.29 is 0 Å². The van der Waals surface area contributed by atoms with Crippen LogP contribution in [0.15, 0.2) is 16.9 Å². The van der Waals surface area contributed by atoms with E-state index in [2.05, 4.69) is 10.3 Å². The van der Waals surface area contributed by atoms with Gasteiger partial charge < -0.3 is 10.3 Å². The van der Waals surface area contributed by atoms with Gasteiger partial charge in [-0.25, -0.2) is 0 Å². The van der Waals surface area contributed by atoms with E-state index in [-0.39, 0.29) is 5.56 Å². The van der Waals surface area contributed by atoms with Crippen LogP contribution in [0.5, 0.6) is 0 Å². The Morgan fingerprint density at radius 3 is 2.93 bits per heavy atom. The van der Waals surface area contributed by atoms with Crippen LogP contribution in [0.1, 0.15) is 24.1 Å². The second-order valence-electron chi connectivity index (χ2n) is 3.89. The predicted octanol–water partition coefficient (Wildman–Crippen LogP) is 0.842. The number of aromatic nitrogens is 1. The Kier molecular flexibility index (Phi) is 2.68. The lowest BCUT2D eigenvalue weighted by molar-refractivity contribution is 0.502. The summed E-state index contributed by atoms with van der Waals surface area (Å²) < 4.78 is 0. The molecule has 0 amide bonds. The smallest absolute Gasteiger partial charge is 0.248 e. The van der Waals surface area contributed by atoms with Crippen LogP contribution in [0.3, 0.4) is 0 Å². The SMILES string of the molecule is CNC1CCc2ccc(=O)[nH]c2CC1. The van der Waals surface area contributed by atoms with E-state index in [4.69, 9.17) is 0 Å². The molecule has 1 aliphatic rings. The first-order valence-electron chi connectivity index (χ1n) is 5.18. The number of H-pyrrole nitrogens is 1. The summed E-state index contributed by atoms with van der Waals surface area (Å²) in [7, 11) is 2.00. The summed E-state index contributed by atoms with van der Waals surface area (Å²) in [5.41, 5.74) is 2.46. The minimum absolute atomic E-state index is 0.0201. The van der Waals surface area contributed by atoms with Crippen LogP contribution in [0.2, 0.25) is 0 Å². The Bertz CT molecular complexity index is 370. The Hall–Kier alpha value is -1.09. The highest BCUT2D eigenvalue weighted by molar-refractivity contribution is 5.21. The van der Waals surface area contributed by atoms with Crippen molar-refractivity contribution in [1.29, 1.82) is 0 Å². The van der Waals surface area contributed by atoms with E-state index in [0.29, 0.717) is 6.04 Å². The summed E-state index contributed by atoms with van der Waals surface area (Å²) in [6.45, 7) is 0. The second-order valence-corrected chi connectivity index (χ2v) is 3.89. The highest BCUT2D eigenvalue weighted by Gasteiger charge is 2.14. The molecule has 1 unspecified atom stereocenters. The van der Waals surface area contributed by atoms with Crippen LogP contribution in [0.25, 0.3) is 0 Å². The molecule has 0 saturated carbocycles. The number of nitrogens with one attached hydrogen (secondary N) is 2. The minimum Gasteiger partial charge on any atom is -0.326 e. The first-order chi connectivity index (χ1) is 6.79. The molecule has 0 fully saturated rings. The van der Waals surface area contributed by atoms with Gasteiger partial charge in [0.1, 0.15) is 0 Å². The van der Waals surface area contributed by atoms with E-state index in [9.17, 15) is 4.79 Å². The van der Waals surface area contributed by atoms with Gasteiger partial charge >= 0.3 is 0 Å².